The van der Waals surface area contributed by atoms with Crippen LogP contribution in [0.5, 0.6) is 0 Å². The maximum Gasteiger partial charge on any atom is 0.338 e. The minimum atomic E-state index is -1.47. The van der Waals surface area contributed by atoms with Crippen molar-refractivity contribution in [1.29, 1.82) is 0 Å². The fourth-order valence-electron chi connectivity index (χ4n) is 2.27. The Bertz CT molecular complexity index is 479. The summed E-state index contributed by atoms with van der Waals surface area (Å²) in [4.78, 5) is 10.7. The molecule has 0 radical (unpaired) electrons. The molecule has 98 valence electrons. The number of hydrogen-bond acceptors (Lipinski definition) is 2. The molecule has 1 aliphatic carbocycles. The van der Waals surface area contributed by atoms with Gasteiger partial charge in [-0.1, -0.05) is 6.92 Å². The Balaban J connectivity index is 2.30. The van der Waals surface area contributed by atoms with Crippen LogP contribution in [0.4, 0.5) is 14.5 Å². The number of halogens is 2. The van der Waals surface area contributed by atoms with Gasteiger partial charge in [-0.25, -0.2) is 13.6 Å². The summed E-state index contributed by atoms with van der Waals surface area (Å²) in [6.07, 6.45) is 3.74. The van der Waals surface area contributed by atoms with Gasteiger partial charge < -0.3 is 10.4 Å². The summed E-state index contributed by atoms with van der Waals surface area (Å²) in [5, 5.41) is 11.7. The molecule has 0 saturated heterocycles. The topological polar surface area (TPSA) is 49.3 Å². The predicted molar refractivity (Wildman–Crippen MR) is 63.8 cm³/mol. The molecular formula is C13H15F2NO2. The fraction of sp³-hybridized carbons (Fsp3) is 0.462. The second-order valence-electron chi connectivity index (χ2n) is 4.71. The van der Waals surface area contributed by atoms with E-state index in [1.54, 1.807) is 0 Å². The van der Waals surface area contributed by atoms with Gasteiger partial charge in [0.2, 0.25) is 0 Å². The highest BCUT2D eigenvalue weighted by Gasteiger charge is 2.35. The molecule has 0 atom stereocenters. The van der Waals surface area contributed by atoms with E-state index in [4.69, 9.17) is 5.11 Å². The lowest BCUT2D eigenvalue weighted by Crippen LogP contribution is -2.44. The number of aromatic carboxylic acids is 1. The molecule has 5 heteroatoms. The van der Waals surface area contributed by atoms with Crippen molar-refractivity contribution in [2.45, 2.75) is 38.1 Å². The van der Waals surface area contributed by atoms with Crippen LogP contribution < -0.4 is 5.32 Å². The Hall–Kier alpha value is -1.65. The third-order valence-electron chi connectivity index (χ3n) is 3.70. The van der Waals surface area contributed by atoms with Crippen molar-refractivity contribution >= 4 is 11.7 Å². The molecule has 0 unspecified atom stereocenters. The lowest BCUT2D eigenvalue weighted by molar-refractivity contribution is 0.0690. The molecule has 2 N–H and O–H groups in total. The van der Waals surface area contributed by atoms with Crippen molar-refractivity contribution in [2.24, 2.45) is 0 Å². The summed E-state index contributed by atoms with van der Waals surface area (Å²) in [6.45, 7) is 1.99. The average molecular weight is 255 g/mol. The zero-order valence-electron chi connectivity index (χ0n) is 10.1. The second kappa shape index (κ2) is 4.55. The minimum absolute atomic E-state index is 0.0408. The number of rotatable bonds is 4. The Labute approximate surface area is 104 Å². The van der Waals surface area contributed by atoms with E-state index >= 15 is 0 Å². The highest BCUT2D eigenvalue weighted by atomic mass is 19.2. The summed E-state index contributed by atoms with van der Waals surface area (Å²) in [6, 6.07) is 2.38. The zero-order chi connectivity index (χ0) is 13.3. The highest BCUT2D eigenvalue weighted by Crippen LogP contribution is 2.38. The summed E-state index contributed by atoms with van der Waals surface area (Å²) >= 11 is 0. The van der Waals surface area contributed by atoms with Crippen molar-refractivity contribution in [3.05, 3.63) is 29.3 Å². The van der Waals surface area contributed by atoms with Crippen LogP contribution in [-0.4, -0.2) is 16.6 Å². The van der Waals surface area contributed by atoms with Crippen LogP contribution >= 0.6 is 0 Å². The Kier molecular flexibility index (Phi) is 3.24. The molecule has 3 nitrogen and oxygen atoms in total. The molecule has 1 saturated carbocycles. The third-order valence-corrected chi connectivity index (χ3v) is 3.70. The van der Waals surface area contributed by atoms with E-state index in [2.05, 4.69) is 5.32 Å². The fourth-order valence-corrected chi connectivity index (χ4v) is 2.27. The second-order valence-corrected chi connectivity index (χ2v) is 4.71. The van der Waals surface area contributed by atoms with Crippen LogP contribution in [0.3, 0.4) is 0 Å². The smallest absolute Gasteiger partial charge is 0.338 e. The van der Waals surface area contributed by atoms with Gasteiger partial charge in [0.05, 0.1) is 11.3 Å². The number of anilines is 1. The normalized spacial score (nSPS) is 17.1. The minimum Gasteiger partial charge on any atom is -0.478 e. The van der Waals surface area contributed by atoms with Gasteiger partial charge in [-0.15, -0.1) is 0 Å². The van der Waals surface area contributed by atoms with Gasteiger partial charge >= 0.3 is 5.97 Å². The van der Waals surface area contributed by atoms with E-state index in [-0.39, 0.29) is 11.2 Å². The molecule has 0 aromatic heterocycles. The molecule has 18 heavy (non-hydrogen) atoms. The van der Waals surface area contributed by atoms with Crippen molar-refractivity contribution < 1.29 is 18.7 Å². The van der Waals surface area contributed by atoms with E-state index in [1.165, 1.54) is 6.07 Å². The van der Waals surface area contributed by atoms with Gasteiger partial charge in [0.15, 0.2) is 11.6 Å². The van der Waals surface area contributed by atoms with Crippen LogP contribution in [0, 0.1) is 11.6 Å². The average Bonchev–Trinajstić information content (AvgIpc) is 2.28. The van der Waals surface area contributed by atoms with Crippen LogP contribution in [0.2, 0.25) is 0 Å². The maximum atomic E-state index is 13.7. The lowest BCUT2D eigenvalue weighted by atomic mass is 9.74. The largest absolute Gasteiger partial charge is 0.478 e. The molecule has 0 heterocycles. The Morgan fingerprint density at radius 2 is 2.06 bits per heavy atom. The predicted octanol–water partition coefficient (Wildman–Crippen LogP) is 3.41. The summed E-state index contributed by atoms with van der Waals surface area (Å²) in [5.74, 6) is -3.89. The van der Waals surface area contributed by atoms with E-state index in [1.807, 2.05) is 6.92 Å². The van der Waals surface area contributed by atoms with Crippen molar-refractivity contribution in [3.63, 3.8) is 0 Å². The van der Waals surface area contributed by atoms with Gasteiger partial charge in [0.25, 0.3) is 0 Å². The molecule has 0 amide bonds. The van der Waals surface area contributed by atoms with Gasteiger partial charge in [-0.05, 0) is 37.8 Å². The van der Waals surface area contributed by atoms with Gasteiger partial charge in [0.1, 0.15) is 0 Å². The van der Waals surface area contributed by atoms with Gasteiger partial charge in [-0.2, -0.15) is 0 Å². The molecule has 1 fully saturated rings. The molecule has 0 spiro atoms. The number of carboxylic acids is 1. The van der Waals surface area contributed by atoms with Crippen LogP contribution in [-0.2, 0) is 0 Å². The SMILES string of the molecule is CCC1(Nc2ccc(C(=O)O)c(F)c2F)CCC1. The van der Waals surface area contributed by atoms with Crippen molar-refractivity contribution in [3.8, 4) is 0 Å². The Morgan fingerprint density at radius 3 is 2.50 bits per heavy atom. The van der Waals surface area contributed by atoms with E-state index in [0.29, 0.717) is 0 Å². The summed E-state index contributed by atoms with van der Waals surface area (Å²) in [5.41, 5.74) is -0.769. The standard InChI is InChI=1S/C13H15F2NO2/c1-2-13(6-3-7-13)16-9-5-4-8(12(17)18)10(14)11(9)15/h4-5,16H,2-3,6-7H2,1H3,(H,17,18). The first-order chi connectivity index (χ1) is 8.49. The maximum absolute atomic E-state index is 13.7. The molecule has 0 aliphatic heterocycles. The molecule has 1 aromatic carbocycles. The van der Waals surface area contributed by atoms with E-state index in [9.17, 15) is 13.6 Å². The van der Waals surface area contributed by atoms with Crippen molar-refractivity contribution in [1.82, 2.24) is 0 Å². The first kappa shape index (κ1) is 12.8. The van der Waals surface area contributed by atoms with E-state index < -0.39 is 23.2 Å². The van der Waals surface area contributed by atoms with Gasteiger partial charge in [0, 0.05) is 5.54 Å². The molecule has 2 rings (SSSR count). The van der Waals surface area contributed by atoms with Crippen molar-refractivity contribution in [2.75, 3.05) is 5.32 Å². The monoisotopic (exact) mass is 255 g/mol. The zero-order valence-corrected chi connectivity index (χ0v) is 10.1. The quantitative estimate of drug-likeness (QED) is 0.866. The van der Waals surface area contributed by atoms with Crippen LogP contribution in [0.25, 0.3) is 0 Å². The summed E-state index contributed by atoms with van der Waals surface area (Å²) < 4.78 is 27.3. The van der Waals surface area contributed by atoms with E-state index in [0.717, 1.165) is 31.7 Å². The van der Waals surface area contributed by atoms with Crippen LogP contribution in [0.15, 0.2) is 12.1 Å². The molecule has 1 aliphatic rings. The summed E-state index contributed by atoms with van der Waals surface area (Å²) in [7, 11) is 0. The number of hydrogen-bond donors (Lipinski definition) is 2. The van der Waals surface area contributed by atoms with Crippen LogP contribution in [0.1, 0.15) is 43.0 Å². The first-order valence-corrected chi connectivity index (χ1v) is 5.98. The number of benzene rings is 1. The highest BCUT2D eigenvalue weighted by molar-refractivity contribution is 5.88. The van der Waals surface area contributed by atoms with Gasteiger partial charge in [-0.3, -0.25) is 0 Å². The number of carboxylic acid groups (broad SMARTS) is 1. The number of nitrogens with one attached hydrogen (secondary N) is 1. The first-order valence-electron chi connectivity index (χ1n) is 5.98. The molecular weight excluding hydrogens is 240 g/mol. The third kappa shape index (κ3) is 2.05. The number of carbonyl (C=O) groups is 1. The Morgan fingerprint density at radius 1 is 1.39 bits per heavy atom. The molecule has 1 aromatic rings. The molecule has 0 bridgehead atoms. The lowest BCUT2D eigenvalue weighted by Gasteiger charge is -2.43.